The van der Waals surface area contributed by atoms with E-state index in [2.05, 4.69) is 138 Å². The first-order chi connectivity index (χ1) is 26.2. The molecule has 0 radical (unpaired) electrons. The van der Waals surface area contributed by atoms with Crippen LogP contribution in [0.15, 0.2) is 179 Å². The number of para-hydroxylation sites is 3. The minimum atomic E-state index is 0.0153. The topological polar surface area (TPSA) is 39.5 Å². The third-order valence-corrected chi connectivity index (χ3v) is 11.3. The van der Waals surface area contributed by atoms with Gasteiger partial charge in [-0.05, 0) is 82.2 Å². The van der Waals surface area contributed by atoms with Crippen LogP contribution in [0.25, 0.3) is 110 Å². The first kappa shape index (κ1) is 28.5. The molecule has 8 aromatic carbocycles. The van der Waals surface area contributed by atoms with Gasteiger partial charge in [0.05, 0.1) is 22.1 Å². The van der Waals surface area contributed by atoms with Crippen LogP contribution in [-0.2, 0) is 0 Å². The monoisotopic (exact) mass is 676 g/mol. The molecule has 0 aliphatic heterocycles. The van der Waals surface area contributed by atoms with Crippen LogP contribution >= 0.6 is 0 Å². The van der Waals surface area contributed by atoms with Crippen LogP contribution in [0.2, 0.25) is 0 Å². The lowest BCUT2D eigenvalue weighted by Gasteiger charge is -2.10. The Morgan fingerprint density at radius 3 is 1.85 bits per heavy atom. The summed E-state index contributed by atoms with van der Waals surface area (Å²) in [6.07, 6.45) is 0. The van der Waals surface area contributed by atoms with E-state index in [1.165, 1.54) is 10.8 Å². The van der Waals surface area contributed by atoms with Crippen LogP contribution in [0.5, 0.6) is 0 Å². The average Bonchev–Trinajstić information content (AvgIpc) is 3.87. The number of aromatic nitrogens is 2. The predicted octanol–water partition coefficient (Wildman–Crippen LogP) is 12.5. The lowest BCUT2D eigenvalue weighted by atomic mass is 9.98. The minimum absolute atomic E-state index is 0.0153. The molecule has 4 aromatic heterocycles. The van der Waals surface area contributed by atoms with Crippen molar-refractivity contribution in [2.45, 2.75) is 0 Å². The van der Waals surface area contributed by atoms with Crippen molar-refractivity contribution in [3.05, 3.63) is 180 Å². The van der Waals surface area contributed by atoms with Crippen molar-refractivity contribution in [2.24, 2.45) is 0 Å². The molecule has 0 N–H and O–H groups in total. The van der Waals surface area contributed by atoms with Gasteiger partial charge in [0.15, 0.2) is 0 Å². The number of benzene rings is 8. The third-order valence-electron chi connectivity index (χ3n) is 11.3. The molecule has 0 saturated carbocycles. The number of rotatable bonds is 3. The van der Waals surface area contributed by atoms with Crippen molar-refractivity contribution in [2.75, 3.05) is 0 Å². The van der Waals surface area contributed by atoms with Gasteiger partial charge < -0.3 is 8.98 Å². The summed E-state index contributed by atoms with van der Waals surface area (Å²) >= 11 is 0. The fourth-order valence-electron chi connectivity index (χ4n) is 8.83. The van der Waals surface area contributed by atoms with E-state index < -0.39 is 0 Å². The SMILES string of the molecule is O=c1c2ccc(-c3ccccc3)cc2c2cccc3c4cc(-c5ccc(-n6c7ccccc7c7cc8c(cc76)oc6ccccc68)cc5)ccc4n1c23. The maximum absolute atomic E-state index is 14.2. The van der Waals surface area contributed by atoms with Gasteiger partial charge in [-0.15, -0.1) is 0 Å². The first-order valence-corrected chi connectivity index (χ1v) is 18.0. The second-order valence-electron chi connectivity index (χ2n) is 14.1. The highest BCUT2D eigenvalue weighted by Crippen LogP contribution is 2.40. The quantitative estimate of drug-likeness (QED) is 0.175. The van der Waals surface area contributed by atoms with Gasteiger partial charge in [-0.25, -0.2) is 0 Å². The van der Waals surface area contributed by atoms with Gasteiger partial charge in [-0.3, -0.25) is 9.20 Å². The molecule has 12 rings (SSSR count). The van der Waals surface area contributed by atoms with Gasteiger partial charge in [0.2, 0.25) is 0 Å². The molecule has 0 saturated heterocycles. The van der Waals surface area contributed by atoms with Crippen LogP contribution in [-0.4, -0.2) is 8.97 Å². The molecular formula is C49H28N2O2. The molecule has 246 valence electrons. The summed E-state index contributed by atoms with van der Waals surface area (Å²) in [5, 5.41) is 9.64. The van der Waals surface area contributed by atoms with Gasteiger partial charge >= 0.3 is 0 Å². The number of hydrogen-bond donors (Lipinski definition) is 0. The second kappa shape index (κ2) is 10.4. The molecule has 4 heteroatoms. The maximum Gasteiger partial charge on any atom is 0.263 e. The molecule has 0 atom stereocenters. The first-order valence-electron chi connectivity index (χ1n) is 18.0. The fraction of sp³-hybridized carbons (Fsp3) is 0. The molecule has 0 bridgehead atoms. The average molecular weight is 677 g/mol. The molecule has 4 heterocycles. The Bertz CT molecular complexity index is 3510. The molecule has 0 unspecified atom stereocenters. The number of nitrogens with zero attached hydrogens (tertiary/aromatic N) is 2. The molecule has 0 fully saturated rings. The Morgan fingerprint density at radius 2 is 1.00 bits per heavy atom. The summed E-state index contributed by atoms with van der Waals surface area (Å²) in [5.74, 6) is 0. The highest BCUT2D eigenvalue weighted by atomic mass is 16.3. The van der Waals surface area contributed by atoms with Gasteiger partial charge in [0, 0.05) is 54.8 Å². The molecular weight excluding hydrogens is 649 g/mol. The number of furan rings is 1. The molecule has 12 aromatic rings. The highest BCUT2D eigenvalue weighted by molar-refractivity contribution is 6.21. The number of fused-ring (bicyclic) bond motifs is 11. The van der Waals surface area contributed by atoms with E-state index in [9.17, 15) is 4.79 Å². The molecule has 0 amide bonds. The Kier molecular flexibility index (Phi) is 5.62. The Balaban J connectivity index is 1.01. The van der Waals surface area contributed by atoms with Crippen molar-refractivity contribution in [1.29, 1.82) is 0 Å². The molecule has 0 spiro atoms. The zero-order valence-corrected chi connectivity index (χ0v) is 28.4. The summed E-state index contributed by atoms with van der Waals surface area (Å²) in [4.78, 5) is 14.2. The van der Waals surface area contributed by atoms with Crippen molar-refractivity contribution >= 4 is 81.7 Å². The van der Waals surface area contributed by atoms with Crippen molar-refractivity contribution in [3.8, 4) is 27.9 Å². The van der Waals surface area contributed by atoms with Crippen LogP contribution < -0.4 is 5.56 Å². The lowest BCUT2D eigenvalue weighted by Crippen LogP contribution is -2.12. The summed E-state index contributed by atoms with van der Waals surface area (Å²) in [6, 6.07) is 59.6. The van der Waals surface area contributed by atoms with Crippen LogP contribution in [0, 0.1) is 0 Å². The van der Waals surface area contributed by atoms with E-state index >= 15 is 0 Å². The van der Waals surface area contributed by atoms with E-state index in [1.54, 1.807) is 0 Å². The zero-order valence-electron chi connectivity index (χ0n) is 28.4. The predicted molar refractivity (Wildman–Crippen MR) is 220 cm³/mol. The molecule has 0 aliphatic carbocycles. The van der Waals surface area contributed by atoms with Crippen molar-refractivity contribution in [3.63, 3.8) is 0 Å². The highest BCUT2D eigenvalue weighted by Gasteiger charge is 2.19. The summed E-state index contributed by atoms with van der Waals surface area (Å²) in [5.41, 5.74) is 11.5. The van der Waals surface area contributed by atoms with Gasteiger partial charge in [0.1, 0.15) is 11.2 Å². The van der Waals surface area contributed by atoms with E-state index in [1.807, 2.05) is 40.8 Å². The lowest BCUT2D eigenvalue weighted by molar-refractivity contribution is 0.669. The van der Waals surface area contributed by atoms with Crippen molar-refractivity contribution < 1.29 is 4.42 Å². The summed E-state index contributed by atoms with van der Waals surface area (Å²) in [7, 11) is 0. The van der Waals surface area contributed by atoms with Crippen LogP contribution in [0.1, 0.15) is 0 Å². The van der Waals surface area contributed by atoms with Crippen LogP contribution in [0.4, 0.5) is 0 Å². The Labute approximate surface area is 302 Å². The number of hydrogen-bond acceptors (Lipinski definition) is 2. The van der Waals surface area contributed by atoms with E-state index in [0.717, 1.165) is 98.9 Å². The van der Waals surface area contributed by atoms with Gasteiger partial charge in [-0.1, -0.05) is 109 Å². The smallest absolute Gasteiger partial charge is 0.263 e. The van der Waals surface area contributed by atoms with Crippen molar-refractivity contribution in [1.82, 2.24) is 8.97 Å². The van der Waals surface area contributed by atoms with E-state index in [0.29, 0.717) is 0 Å². The normalized spacial score (nSPS) is 12.2. The molecule has 4 nitrogen and oxygen atoms in total. The standard InChI is InChI=1S/C49H28N2O2/c52-49-38-23-19-31(29-9-2-1-3-10-29)25-39(38)36-13-8-14-37-40-26-32(20-24-44(40)51(49)48(36)37)30-17-21-33(22-18-30)50-43-15-6-4-11-34(43)41-27-42-35-12-5-7-16-46(35)53-47(42)28-45(41)50/h1-28H. The summed E-state index contributed by atoms with van der Waals surface area (Å²) < 4.78 is 10.6. The number of pyridine rings is 1. The molecule has 0 aliphatic rings. The van der Waals surface area contributed by atoms with E-state index in [4.69, 9.17) is 4.42 Å². The maximum atomic E-state index is 14.2. The van der Waals surface area contributed by atoms with Gasteiger partial charge in [0.25, 0.3) is 5.56 Å². The fourth-order valence-corrected chi connectivity index (χ4v) is 8.83. The van der Waals surface area contributed by atoms with E-state index in [-0.39, 0.29) is 5.56 Å². The summed E-state index contributed by atoms with van der Waals surface area (Å²) in [6.45, 7) is 0. The minimum Gasteiger partial charge on any atom is -0.456 e. The molecule has 53 heavy (non-hydrogen) atoms. The largest absolute Gasteiger partial charge is 0.456 e. The second-order valence-corrected chi connectivity index (χ2v) is 14.1. The third kappa shape index (κ3) is 3.92. The van der Waals surface area contributed by atoms with Gasteiger partial charge in [-0.2, -0.15) is 0 Å². The van der Waals surface area contributed by atoms with Crippen LogP contribution in [0.3, 0.4) is 0 Å². The Hall–Kier alpha value is -7.17. The zero-order chi connectivity index (χ0) is 34.8. The Morgan fingerprint density at radius 1 is 0.358 bits per heavy atom.